The lowest BCUT2D eigenvalue weighted by Gasteiger charge is -2.18. The minimum absolute atomic E-state index is 0.289. The van der Waals surface area contributed by atoms with E-state index in [9.17, 15) is 0 Å². The molecule has 0 spiro atoms. The van der Waals surface area contributed by atoms with Crippen molar-refractivity contribution in [2.45, 2.75) is 13.3 Å². The Hall–Kier alpha value is -0.220. The molecule has 3 N–H and O–H groups in total. The summed E-state index contributed by atoms with van der Waals surface area (Å²) in [4.78, 5) is 2.32. The van der Waals surface area contributed by atoms with Crippen LogP contribution in [0, 0.1) is 5.41 Å². The fourth-order valence-electron chi connectivity index (χ4n) is 0.927. The van der Waals surface area contributed by atoms with Crippen LogP contribution in [0.3, 0.4) is 0 Å². The van der Waals surface area contributed by atoms with Crippen molar-refractivity contribution in [1.82, 2.24) is 4.90 Å². The van der Waals surface area contributed by atoms with Gasteiger partial charge in [0.1, 0.15) is 0 Å². The summed E-state index contributed by atoms with van der Waals surface area (Å²) in [7, 11) is 0. The van der Waals surface area contributed by atoms with E-state index in [4.69, 9.17) is 11.1 Å². The maximum Gasteiger partial charge on any atom is 0.0918 e. The van der Waals surface area contributed by atoms with Gasteiger partial charge in [0, 0.05) is 25.3 Å². The predicted octanol–water partition coefficient (Wildman–Crippen LogP) is 0.997. The van der Waals surface area contributed by atoms with Gasteiger partial charge >= 0.3 is 0 Å². The zero-order valence-corrected chi connectivity index (χ0v) is 8.78. The molecule has 0 fully saturated rings. The molecule has 72 valence electrons. The molecule has 0 aliphatic rings. The van der Waals surface area contributed by atoms with Gasteiger partial charge in [-0.3, -0.25) is 5.41 Å². The van der Waals surface area contributed by atoms with Crippen molar-refractivity contribution in [1.29, 1.82) is 5.41 Å². The van der Waals surface area contributed by atoms with Crippen molar-refractivity contribution in [3.8, 4) is 0 Å². The topological polar surface area (TPSA) is 53.1 Å². The van der Waals surface area contributed by atoms with Gasteiger partial charge < -0.3 is 10.6 Å². The summed E-state index contributed by atoms with van der Waals surface area (Å²) < 4.78 is 0. The quantitative estimate of drug-likeness (QED) is 0.464. The Labute approximate surface area is 79.2 Å². The zero-order chi connectivity index (χ0) is 9.40. The molecule has 0 bridgehead atoms. The summed E-state index contributed by atoms with van der Waals surface area (Å²) in [5.74, 6) is 1.45. The van der Waals surface area contributed by atoms with E-state index >= 15 is 0 Å². The Morgan fingerprint density at radius 2 is 2.17 bits per heavy atom. The van der Waals surface area contributed by atoms with Gasteiger partial charge in [0.25, 0.3) is 0 Å². The van der Waals surface area contributed by atoms with Gasteiger partial charge in [0.05, 0.1) is 5.84 Å². The number of nitrogens with one attached hydrogen (secondary N) is 1. The van der Waals surface area contributed by atoms with Crippen LogP contribution in [0.15, 0.2) is 0 Å². The number of thioether (sulfide) groups is 1. The molecule has 3 nitrogen and oxygen atoms in total. The molecule has 0 aliphatic heterocycles. The molecule has 0 aromatic rings. The highest BCUT2D eigenvalue weighted by Crippen LogP contribution is 1.96. The first-order valence-corrected chi connectivity index (χ1v) is 5.64. The largest absolute Gasteiger partial charge is 0.388 e. The molecule has 0 aliphatic carbocycles. The van der Waals surface area contributed by atoms with Crippen LogP contribution in [0.25, 0.3) is 0 Å². The van der Waals surface area contributed by atoms with E-state index in [0.717, 1.165) is 25.4 Å². The van der Waals surface area contributed by atoms with Gasteiger partial charge in [-0.25, -0.2) is 0 Å². The lowest BCUT2D eigenvalue weighted by atomic mass is 10.3. The molecule has 0 amide bonds. The van der Waals surface area contributed by atoms with Gasteiger partial charge in [-0.15, -0.1) is 0 Å². The van der Waals surface area contributed by atoms with E-state index in [-0.39, 0.29) is 5.84 Å². The fourth-order valence-corrected chi connectivity index (χ4v) is 1.37. The summed E-state index contributed by atoms with van der Waals surface area (Å²) in [6, 6.07) is 0. The standard InChI is InChI=1S/C8H19N3S/c1-3-11(6-7-12-2)5-4-8(9)10/h3-7H2,1-2H3,(H3,9,10). The fraction of sp³-hybridized carbons (Fsp3) is 0.875. The first-order chi connectivity index (χ1) is 5.70. The highest BCUT2D eigenvalue weighted by Gasteiger charge is 2.01. The minimum atomic E-state index is 0.289. The zero-order valence-electron chi connectivity index (χ0n) is 7.97. The van der Waals surface area contributed by atoms with Gasteiger partial charge in [-0.05, 0) is 12.8 Å². The lowest BCUT2D eigenvalue weighted by molar-refractivity contribution is 0.315. The first-order valence-electron chi connectivity index (χ1n) is 4.24. The van der Waals surface area contributed by atoms with Crippen LogP contribution >= 0.6 is 11.8 Å². The van der Waals surface area contributed by atoms with E-state index in [1.807, 2.05) is 11.8 Å². The second-order valence-electron chi connectivity index (χ2n) is 2.70. The summed E-state index contributed by atoms with van der Waals surface area (Å²) in [6.07, 6.45) is 2.81. The number of nitrogens with two attached hydrogens (primary N) is 1. The SMILES string of the molecule is CCN(CCSC)CCC(=N)N. The number of nitrogens with zero attached hydrogens (tertiary/aromatic N) is 1. The number of amidine groups is 1. The molecule has 0 saturated carbocycles. The van der Waals surface area contributed by atoms with Crippen LogP contribution in [0.2, 0.25) is 0 Å². The van der Waals surface area contributed by atoms with E-state index in [1.165, 1.54) is 0 Å². The van der Waals surface area contributed by atoms with Crippen LogP contribution < -0.4 is 5.73 Å². The van der Waals surface area contributed by atoms with Crippen LogP contribution in [0.1, 0.15) is 13.3 Å². The number of hydrogen-bond acceptors (Lipinski definition) is 3. The smallest absolute Gasteiger partial charge is 0.0918 e. The summed E-state index contributed by atoms with van der Waals surface area (Å²) in [5, 5.41) is 7.09. The van der Waals surface area contributed by atoms with Crippen molar-refractivity contribution in [2.24, 2.45) is 5.73 Å². The first kappa shape index (κ1) is 11.8. The highest BCUT2D eigenvalue weighted by atomic mass is 32.2. The molecule has 0 aromatic heterocycles. The van der Waals surface area contributed by atoms with Crippen LogP contribution in [-0.4, -0.2) is 42.4 Å². The van der Waals surface area contributed by atoms with Crippen molar-refractivity contribution in [2.75, 3.05) is 31.6 Å². The maximum absolute atomic E-state index is 7.09. The molecular weight excluding hydrogens is 170 g/mol. The van der Waals surface area contributed by atoms with Crippen molar-refractivity contribution >= 4 is 17.6 Å². The van der Waals surface area contributed by atoms with E-state index < -0.39 is 0 Å². The Morgan fingerprint density at radius 1 is 1.50 bits per heavy atom. The van der Waals surface area contributed by atoms with E-state index in [1.54, 1.807) is 0 Å². The molecule has 0 atom stereocenters. The Morgan fingerprint density at radius 3 is 2.58 bits per heavy atom. The Balaban J connectivity index is 3.45. The maximum atomic E-state index is 7.09. The Kier molecular flexibility index (Phi) is 7.29. The third-order valence-corrected chi connectivity index (χ3v) is 2.35. The average molecular weight is 189 g/mol. The van der Waals surface area contributed by atoms with Crippen LogP contribution in [-0.2, 0) is 0 Å². The summed E-state index contributed by atoms with van der Waals surface area (Å²) in [5.41, 5.74) is 5.28. The molecule has 0 saturated heterocycles. The monoisotopic (exact) mass is 189 g/mol. The van der Waals surface area contributed by atoms with Crippen LogP contribution in [0.5, 0.6) is 0 Å². The number of rotatable bonds is 7. The van der Waals surface area contributed by atoms with Crippen LogP contribution in [0.4, 0.5) is 0 Å². The molecule has 0 aromatic carbocycles. The second-order valence-corrected chi connectivity index (χ2v) is 3.69. The lowest BCUT2D eigenvalue weighted by Crippen LogP contribution is -2.29. The van der Waals surface area contributed by atoms with Gasteiger partial charge in [-0.1, -0.05) is 6.92 Å². The average Bonchev–Trinajstić information content (AvgIpc) is 2.05. The highest BCUT2D eigenvalue weighted by molar-refractivity contribution is 7.98. The van der Waals surface area contributed by atoms with Gasteiger partial charge in [0.2, 0.25) is 0 Å². The van der Waals surface area contributed by atoms with Gasteiger partial charge in [0.15, 0.2) is 0 Å². The second kappa shape index (κ2) is 7.43. The van der Waals surface area contributed by atoms with Crippen molar-refractivity contribution in [3.63, 3.8) is 0 Å². The molecule has 0 heterocycles. The third kappa shape index (κ3) is 6.49. The summed E-state index contributed by atoms with van der Waals surface area (Å²) in [6.45, 7) is 5.21. The normalized spacial score (nSPS) is 10.6. The van der Waals surface area contributed by atoms with Crippen molar-refractivity contribution < 1.29 is 0 Å². The predicted molar refractivity (Wildman–Crippen MR) is 57.0 cm³/mol. The van der Waals surface area contributed by atoms with E-state index in [2.05, 4.69) is 18.1 Å². The Bertz CT molecular complexity index is 127. The van der Waals surface area contributed by atoms with Crippen molar-refractivity contribution in [3.05, 3.63) is 0 Å². The number of hydrogen-bond donors (Lipinski definition) is 2. The molecule has 0 unspecified atom stereocenters. The third-order valence-electron chi connectivity index (χ3n) is 1.76. The molecule has 0 radical (unpaired) electrons. The molecule has 0 rings (SSSR count). The molecular formula is C8H19N3S. The molecule has 12 heavy (non-hydrogen) atoms. The molecule has 4 heteroatoms. The van der Waals surface area contributed by atoms with E-state index in [0.29, 0.717) is 6.42 Å². The minimum Gasteiger partial charge on any atom is -0.388 e. The van der Waals surface area contributed by atoms with Gasteiger partial charge in [-0.2, -0.15) is 11.8 Å². The summed E-state index contributed by atoms with van der Waals surface area (Å²) >= 11 is 1.85.